The number of rotatable bonds is 3. The van der Waals surface area contributed by atoms with Gasteiger partial charge in [0.05, 0.1) is 10.7 Å². The number of carbonyl (C=O) groups excluding carboxylic acids is 1. The number of amides is 1. The summed E-state index contributed by atoms with van der Waals surface area (Å²) in [6.45, 7) is 8.87. The molecule has 4 rings (SSSR count). The van der Waals surface area contributed by atoms with Crippen LogP contribution in [0.3, 0.4) is 0 Å². The molecule has 6 heteroatoms. The Hall–Kier alpha value is -1.79. The number of nitrogens with zero attached hydrogens (tertiary/aromatic N) is 4. The minimum Gasteiger partial charge on any atom is -0.337 e. The lowest BCUT2D eigenvalue weighted by Gasteiger charge is -2.48. The molecule has 0 aromatic carbocycles. The SMILES string of the molecule is Cc1nc(CN2CCCC3(CCCN(C(=O)c4ncccc4C)C3)C2)cs1. The van der Waals surface area contributed by atoms with Gasteiger partial charge < -0.3 is 4.90 Å². The van der Waals surface area contributed by atoms with Gasteiger partial charge in [-0.1, -0.05) is 6.07 Å². The Morgan fingerprint density at radius 1 is 1.22 bits per heavy atom. The maximum absolute atomic E-state index is 13.1. The number of hydrogen-bond donors (Lipinski definition) is 0. The van der Waals surface area contributed by atoms with E-state index in [2.05, 4.69) is 32.1 Å². The predicted molar refractivity (Wildman–Crippen MR) is 108 cm³/mol. The molecule has 2 saturated heterocycles. The smallest absolute Gasteiger partial charge is 0.272 e. The van der Waals surface area contributed by atoms with Crippen LogP contribution in [0.1, 0.15) is 52.4 Å². The van der Waals surface area contributed by atoms with Gasteiger partial charge in [-0.3, -0.25) is 14.7 Å². The molecule has 2 aliphatic rings. The van der Waals surface area contributed by atoms with Crippen molar-refractivity contribution in [2.24, 2.45) is 5.41 Å². The summed E-state index contributed by atoms with van der Waals surface area (Å²) in [7, 11) is 0. The topological polar surface area (TPSA) is 49.3 Å². The summed E-state index contributed by atoms with van der Waals surface area (Å²) in [6.07, 6.45) is 6.43. The van der Waals surface area contributed by atoms with E-state index >= 15 is 0 Å². The molecule has 1 atom stereocenters. The van der Waals surface area contributed by atoms with Gasteiger partial charge in [-0.25, -0.2) is 4.98 Å². The molecule has 4 heterocycles. The Labute approximate surface area is 165 Å². The van der Waals surface area contributed by atoms with Crippen LogP contribution in [0.2, 0.25) is 0 Å². The highest BCUT2D eigenvalue weighted by atomic mass is 32.1. The summed E-state index contributed by atoms with van der Waals surface area (Å²) in [5, 5.41) is 3.31. The third kappa shape index (κ3) is 4.06. The zero-order valence-electron chi connectivity index (χ0n) is 16.3. The van der Waals surface area contributed by atoms with Crippen molar-refractivity contribution in [2.75, 3.05) is 26.2 Å². The Balaban J connectivity index is 1.46. The quantitative estimate of drug-likeness (QED) is 0.810. The van der Waals surface area contributed by atoms with Crippen LogP contribution in [0.15, 0.2) is 23.7 Å². The summed E-state index contributed by atoms with van der Waals surface area (Å²) in [6, 6.07) is 3.86. The lowest BCUT2D eigenvalue weighted by atomic mass is 9.73. The van der Waals surface area contributed by atoms with Crippen molar-refractivity contribution in [3.63, 3.8) is 0 Å². The Kier molecular flexibility index (Phi) is 5.28. The van der Waals surface area contributed by atoms with E-state index < -0.39 is 0 Å². The van der Waals surface area contributed by atoms with Crippen LogP contribution >= 0.6 is 11.3 Å². The Morgan fingerprint density at radius 3 is 2.78 bits per heavy atom. The number of carbonyl (C=O) groups is 1. The zero-order chi connectivity index (χ0) is 18.9. The fourth-order valence-electron chi connectivity index (χ4n) is 4.73. The number of likely N-dealkylation sites (tertiary alicyclic amines) is 2. The highest BCUT2D eigenvalue weighted by Crippen LogP contribution is 2.39. The van der Waals surface area contributed by atoms with Gasteiger partial charge in [0, 0.05) is 43.2 Å². The van der Waals surface area contributed by atoms with E-state index in [4.69, 9.17) is 0 Å². The monoisotopic (exact) mass is 384 g/mol. The summed E-state index contributed by atoms with van der Waals surface area (Å²) >= 11 is 1.73. The predicted octanol–water partition coefficient (Wildman–Crippen LogP) is 3.67. The Bertz CT molecular complexity index is 816. The molecular weight excluding hydrogens is 356 g/mol. The molecule has 2 aromatic heterocycles. The lowest BCUT2D eigenvalue weighted by molar-refractivity contribution is 0.0107. The van der Waals surface area contributed by atoms with Crippen LogP contribution in [0, 0.1) is 19.3 Å². The molecule has 1 spiro atoms. The number of piperidine rings is 2. The van der Waals surface area contributed by atoms with Crippen molar-refractivity contribution in [1.82, 2.24) is 19.8 Å². The highest BCUT2D eigenvalue weighted by molar-refractivity contribution is 7.09. The van der Waals surface area contributed by atoms with E-state index in [1.807, 2.05) is 19.1 Å². The maximum Gasteiger partial charge on any atom is 0.272 e. The summed E-state index contributed by atoms with van der Waals surface area (Å²) in [4.78, 5) is 26.6. The van der Waals surface area contributed by atoms with Crippen LogP contribution in [0.5, 0.6) is 0 Å². The standard InChI is InChI=1S/C21H28N4OS/c1-16-6-3-9-22-19(16)20(26)25-11-5-8-21(15-25)7-4-10-24(14-21)12-18-13-27-17(2)23-18/h3,6,9,13H,4-5,7-8,10-12,14-15H2,1-2H3. The second kappa shape index (κ2) is 7.68. The first-order valence-corrected chi connectivity index (χ1v) is 10.8. The van der Waals surface area contributed by atoms with E-state index in [-0.39, 0.29) is 11.3 Å². The fraction of sp³-hybridized carbons (Fsp3) is 0.571. The van der Waals surface area contributed by atoms with Gasteiger partial charge >= 0.3 is 0 Å². The minimum absolute atomic E-state index is 0.0967. The molecule has 0 saturated carbocycles. The maximum atomic E-state index is 13.1. The van der Waals surface area contributed by atoms with E-state index in [0.717, 1.165) is 49.7 Å². The van der Waals surface area contributed by atoms with E-state index in [1.54, 1.807) is 17.5 Å². The largest absolute Gasteiger partial charge is 0.337 e. The number of pyridine rings is 1. The van der Waals surface area contributed by atoms with Gasteiger partial charge in [0.1, 0.15) is 5.69 Å². The van der Waals surface area contributed by atoms with Crippen LogP contribution in [-0.2, 0) is 6.54 Å². The van der Waals surface area contributed by atoms with Gasteiger partial charge in [-0.15, -0.1) is 11.3 Å². The van der Waals surface area contributed by atoms with Gasteiger partial charge in [-0.2, -0.15) is 0 Å². The lowest BCUT2D eigenvalue weighted by Crippen LogP contribution is -2.53. The van der Waals surface area contributed by atoms with Crippen LogP contribution < -0.4 is 0 Å². The van der Waals surface area contributed by atoms with Gasteiger partial charge in [0.15, 0.2) is 0 Å². The summed E-state index contributed by atoms with van der Waals surface area (Å²) < 4.78 is 0. The number of hydrogen-bond acceptors (Lipinski definition) is 5. The number of thiazole rings is 1. The molecule has 5 nitrogen and oxygen atoms in total. The molecule has 2 fully saturated rings. The molecular formula is C21H28N4OS. The molecule has 0 bridgehead atoms. The molecule has 0 radical (unpaired) electrons. The number of aromatic nitrogens is 2. The first-order chi connectivity index (χ1) is 13.0. The minimum atomic E-state index is 0.0967. The Morgan fingerprint density at radius 2 is 2.04 bits per heavy atom. The van der Waals surface area contributed by atoms with Gasteiger partial charge in [-0.05, 0) is 57.7 Å². The first kappa shape index (κ1) is 18.6. The van der Waals surface area contributed by atoms with Crippen molar-refractivity contribution in [3.8, 4) is 0 Å². The molecule has 0 N–H and O–H groups in total. The molecule has 2 aromatic rings. The normalized spacial score (nSPS) is 23.7. The van der Waals surface area contributed by atoms with Crippen molar-refractivity contribution in [2.45, 2.75) is 46.1 Å². The molecule has 0 aliphatic carbocycles. The summed E-state index contributed by atoms with van der Waals surface area (Å²) in [5.74, 6) is 0.0967. The van der Waals surface area contributed by atoms with Crippen LogP contribution in [-0.4, -0.2) is 51.9 Å². The highest BCUT2D eigenvalue weighted by Gasteiger charge is 2.40. The number of aryl methyl sites for hydroxylation is 2. The van der Waals surface area contributed by atoms with Gasteiger partial charge in [0.25, 0.3) is 5.91 Å². The molecule has 144 valence electrons. The average Bonchev–Trinajstić information content (AvgIpc) is 3.06. The fourth-order valence-corrected chi connectivity index (χ4v) is 5.33. The van der Waals surface area contributed by atoms with Crippen LogP contribution in [0.25, 0.3) is 0 Å². The van der Waals surface area contributed by atoms with Crippen molar-refractivity contribution >= 4 is 17.2 Å². The first-order valence-electron chi connectivity index (χ1n) is 9.89. The van der Waals surface area contributed by atoms with E-state index in [9.17, 15) is 4.79 Å². The third-order valence-electron chi connectivity index (χ3n) is 5.95. The van der Waals surface area contributed by atoms with Crippen molar-refractivity contribution in [3.05, 3.63) is 45.7 Å². The van der Waals surface area contributed by atoms with Crippen molar-refractivity contribution in [1.29, 1.82) is 0 Å². The van der Waals surface area contributed by atoms with E-state index in [1.165, 1.54) is 25.0 Å². The second-order valence-corrected chi connectivity index (χ2v) is 9.23. The van der Waals surface area contributed by atoms with E-state index in [0.29, 0.717) is 5.69 Å². The molecule has 2 aliphatic heterocycles. The second-order valence-electron chi connectivity index (χ2n) is 8.17. The van der Waals surface area contributed by atoms with Gasteiger partial charge in [0.2, 0.25) is 0 Å². The van der Waals surface area contributed by atoms with Crippen LogP contribution in [0.4, 0.5) is 0 Å². The summed E-state index contributed by atoms with van der Waals surface area (Å²) in [5.41, 5.74) is 2.98. The van der Waals surface area contributed by atoms with Crippen molar-refractivity contribution < 1.29 is 4.79 Å². The third-order valence-corrected chi connectivity index (χ3v) is 6.78. The molecule has 1 amide bonds. The molecule has 1 unspecified atom stereocenters. The average molecular weight is 385 g/mol. The zero-order valence-corrected chi connectivity index (χ0v) is 17.1. The molecule has 27 heavy (non-hydrogen) atoms.